The fourth-order valence-corrected chi connectivity index (χ4v) is 4.29. The van der Waals surface area contributed by atoms with E-state index in [1.54, 1.807) is 36.5 Å². The van der Waals surface area contributed by atoms with Gasteiger partial charge in [0.15, 0.2) is 0 Å². The highest BCUT2D eigenvalue weighted by molar-refractivity contribution is 7.89. The first-order valence-electron chi connectivity index (χ1n) is 8.84. The van der Waals surface area contributed by atoms with Gasteiger partial charge >= 0.3 is 0 Å². The Kier molecular flexibility index (Phi) is 4.60. The zero-order chi connectivity index (χ0) is 19.9. The van der Waals surface area contributed by atoms with Crippen molar-refractivity contribution >= 4 is 32.6 Å². The highest BCUT2D eigenvalue weighted by Gasteiger charge is 2.27. The topological polar surface area (TPSA) is 88.9 Å². The molecule has 0 fully saturated rings. The first kappa shape index (κ1) is 18.5. The molecule has 1 N–H and O–H groups in total. The normalized spacial score (nSPS) is 13.7. The second-order valence-corrected chi connectivity index (χ2v) is 8.48. The van der Waals surface area contributed by atoms with Gasteiger partial charge in [-0.05, 0) is 49.4 Å². The van der Waals surface area contributed by atoms with Gasteiger partial charge in [0, 0.05) is 29.2 Å². The van der Waals surface area contributed by atoms with Crippen LogP contribution in [0.5, 0.6) is 5.75 Å². The number of nitrogens with zero attached hydrogens (tertiary/aromatic N) is 1. The molecule has 3 aromatic rings. The average molecular weight is 400 g/mol. The Morgan fingerprint density at radius 2 is 2.07 bits per heavy atom. The molecule has 2 aromatic carbocycles. The van der Waals surface area contributed by atoms with Crippen molar-refractivity contribution in [3.8, 4) is 5.75 Å². The van der Waals surface area contributed by atoms with Crippen LogP contribution in [-0.4, -0.2) is 35.0 Å². The van der Waals surface area contributed by atoms with E-state index in [2.05, 4.69) is 4.72 Å². The van der Waals surface area contributed by atoms with Crippen LogP contribution in [0.25, 0.3) is 11.0 Å². The van der Waals surface area contributed by atoms with Crippen molar-refractivity contribution in [2.45, 2.75) is 17.7 Å². The minimum Gasteiger partial charge on any atom is -0.497 e. The van der Waals surface area contributed by atoms with Crippen LogP contribution in [0.2, 0.25) is 0 Å². The van der Waals surface area contributed by atoms with Crippen LogP contribution >= 0.6 is 0 Å². The summed E-state index contributed by atoms with van der Waals surface area (Å²) < 4.78 is 37.0. The molecule has 4 rings (SSSR count). The molecule has 1 aliphatic heterocycles. The second-order valence-electron chi connectivity index (χ2n) is 6.59. The highest BCUT2D eigenvalue weighted by atomic mass is 32.2. The first-order valence-corrected chi connectivity index (χ1v) is 10.3. The van der Waals surface area contributed by atoms with Gasteiger partial charge in [0.25, 0.3) is 0 Å². The number of nitrogens with one attached hydrogen (secondary N) is 1. The van der Waals surface area contributed by atoms with Crippen molar-refractivity contribution in [2.75, 3.05) is 25.6 Å². The highest BCUT2D eigenvalue weighted by Crippen LogP contribution is 2.32. The Labute approximate surface area is 162 Å². The summed E-state index contributed by atoms with van der Waals surface area (Å²) in [5.41, 5.74) is 3.09. The van der Waals surface area contributed by atoms with Crippen LogP contribution in [0.1, 0.15) is 11.1 Å². The van der Waals surface area contributed by atoms with Crippen LogP contribution in [0.3, 0.4) is 0 Å². The van der Waals surface area contributed by atoms with Gasteiger partial charge in [0.1, 0.15) is 11.3 Å². The number of benzene rings is 2. The Morgan fingerprint density at radius 3 is 2.82 bits per heavy atom. The van der Waals surface area contributed by atoms with Crippen LogP contribution in [0.15, 0.2) is 52.0 Å². The Bertz CT molecular complexity index is 1170. The molecule has 1 aliphatic rings. The van der Waals surface area contributed by atoms with E-state index >= 15 is 0 Å². The molecule has 0 saturated heterocycles. The molecule has 8 heteroatoms. The number of carbonyl (C=O) groups is 1. The number of furan rings is 1. The predicted molar refractivity (Wildman–Crippen MR) is 105 cm³/mol. The lowest BCUT2D eigenvalue weighted by Crippen LogP contribution is -2.30. The number of ether oxygens (including phenoxy) is 1. The quantitative estimate of drug-likeness (QED) is 0.711. The third-order valence-electron chi connectivity index (χ3n) is 5.03. The van der Waals surface area contributed by atoms with Crippen molar-refractivity contribution in [3.63, 3.8) is 0 Å². The SMILES string of the molecule is CNS(=O)(=O)c1ccc2c(c1)CCN2C(=O)Cc1coc2cc(OC)ccc12. The Hall–Kier alpha value is -2.84. The van der Waals surface area contributed by atoms with Crippen LogP contribution in [0, 0.1) is 0 Å². The van der Waals surface area contributed by atoms with Gasteiger partial charge in [-0.15, -0.1) is 0 Å². The molecule has 7 nitrogen and oxygen atoms in total. The van der Waals surface area contributed by atoms with E-state index in [0.717, 1.165) is 22.2 Å². The van der Waals surface area contributed by atoms with Crippen molar-refractivity contribution in [3.05, 3.63) is 53.8 Å². The Morgan fingerprint density at radius 1 is 1.25 bits per heavy atom. The zero-order valence-corrected chi connectivity index (χ0v) is 16.4. The number of amides is 1. The van der Waals surface area contributed by atoms with Crippen molar-refractivity contribution in [1.82, 2.24) is 4.72 Å². The minimum absolute atomic E-state index is 0.0542. The molecule has 0 aliphatic carbocycles. The molecule has 0 atom stereocenters. The minimum atomic E-state index is -3.50. The zero-order valence-electron chi connectivity index (χ0n) is 15.6. The third-order valence-corrected chi connectivity index (χ3v) is 6.44. The largest absolute Gasteiger partial charge is 0.497 e. The number of hydrogen-bond donors (Lipinski definition) is 1. The summed E-state index contributed by atoms with van der Waals surface area (Å²) in [6, 6.07) is 10.4. The van der Waals surface area contributed by atoms with Gasteiger partial charge < -0.3 is 14.1 Å². The van der Waals surface area contributed by atoms with Gasteiger partial charge in [-0.3, -0.25) is 4.79 Å². The third kappa shape index (κ3) is 3.14. The summed E-state index contributed by atoms with van der Waals surface area (Å²) >= 11 is 0. The van der Waals surface area contributed by atoms with Gasteiger partial charge in [-0.2, -0.15) is 0 Å². The molecule has 0 bridgehead atoms. The van der Waals surface area contributed by atoms with E-state index < -0.39 is 10.0 Å². The van der Waals surface area contributed by atoms with Crippen LogP contribution < -0.4 is 14.4 Å². The monoisotopic (exact) mass is 400 g/mol. The van der Waals surface area contributed by atoms with Crippen LogP contribution in [0.4, 0.5) is 5.69 Å². The van der Waals surface area contributed by atoms with Gasteiger partial charge in [-0.25, -0.2) is 13.1 Å². The number of sulfonamides is 1. The number of rotatable bonds is 5. The lowest BCUT2D eigenvalue weighted by molar-refractivity contribution is -0.117. The molecule has 146 valence electrons. The fourth-order valence-electron chi connectivity index (χ4n) is 3.51. The van der Waals surface area contributed by atoms with E-state index in [4.69, 9.17) is 9.15 Å². The smallest absolute Gasteiger partial charge is 0.240 e. The molecule has 1 amide bonds. The number of fused-ring (bicyclic) bond motifs is 2. The maximum atomic E-state index is 12.9. The van der Waals surface area contributed by atoms with E-state index in [9.17, 15) is 13.2 Å². The summed E-state index contributed by atoms with van der Waals surface area (Å²) in [6.45, 7) is 0.529. The average Bonchev–Trinajstić information content (AvgIpc) is 3.31. The molecular weight excluding hydrogens is 380 g/mol. The molecule has 0 radical (unpaired) electrons. The molecule has 0 spiro atoms. The number of methoxy groups -OCH3 is 1. The number of carbonyl (C=O) groups excluding carboxylic acids is 1. The van der Waals surface area contributed by atoms with Crippen molar-refractivity contribution in [1.29, 1.82) is 0 Å². The maximum Gasteiger partial charge on any atom is 0.240 e. The molecule has 2 heterocycles. The standard InChI is InChI=1S/C20H20N2O5S/c1-21-28(24,25)16-4-6-18-13(9-16)7-8-22(18)20(23)10-14-12-27-19-11-15(26-2)3-5-17(14)19/h3-6,9,11-12,21H,7-8,10H2,1-2H3. The number of anilines is 1. The Balaban J connectivity index is 1.58. The summed E-state index contributed by atoms with van der Waals surface area (Å²) in [6.07, 6.45) is 2.42. The summed E-state index contributed by atoms with van der Waals surface area (Å²) in [7, 11) is -0.537. The van der Waals surface area contributed by atoms with Crippen molar-refractivity contribution < 1.29 is 22.4 Å². The molecule has 1 aromatic heterocycles. The van der Waals surface area contributed by atoms with E-state index in [1.807, 2.05) is 12.1 Å². The summed E-state index contributed by atoms with van der Waals surface area (Å²) in [5, 5.41) is 0.879. The lowest BCUT2D eigenvalue weighted by atomic mass is 10.1. The summed E-state index contributed by atoms with van der Waals surface area (Å²) in [5.74, 6) is 0.641. The van der Waals surface area contributed by atoms with Gasteiger partial charge in [0.05, 0.1) is 24.7 Å². The van der Waals surface area contributed by atoms with Gasteiger partial charge in [0.2, 0.25) is 15.9 Å². The van der Waals surface area contributed by atoms with Gasteiger partial charge in [-0.1, -0.05) is 0 Å². The molecule has 0 unspecified atom stereocenters. The van der Waals surface area contributed by atoms with E-state index in [-0.39, 0.29) is 17.2 Å². The van der Waals surface area contributed by atoms with Crippen molar-refractivity contribution in [2.24, 2.45) is 0 Å². The number of hydrogen-bond acceptors (Lipinski definition) is 5. The van der Waals surface area contributed by atoms with E-state index in [1.165, 1.54) is 13.1 Å². The molecule has 0 saturated carbocycles. The summed E-state index contributed by atoms with van der Waals surface area (Å²) in [4.78, 5) is 14.8. The maximum absolute atomic E-state index is 12.9. The molecule has 28 heavy (non-hydrogen) atoms. The first-order chi connectivity index (χ1) is 13.4. The van der Waals surface area contributed by atoms with E-state index in [0.29, 0.717) is 24.3 Å². The predicted octanol–water partition coefficient (Wildman–Crippen LogP) is 2.48. The molecular formula is C20H20N2O5S. The van der Waals surface area contributed by atoms with Crippen LogP contribution in [-0.2, 0) is 27.7 Å². The fraction of sp³-hybridized carbons (Fsp3) is 0.250. The second kappa shape index (κ2) is 6.96. The lowest BCUT2D eigenvalue weighted by Gasteiger charge is -2.17.